The van der Waals surface area contributed by atoms with E-state index in [4.69, 9.17) is 9.47 Å². The summed E-state index contributed by atoms with van der Waals surface area (Å²) in [5, 5.41) is 22.3. The molecule has 2 aromatic carbocycles. The number of esters is 1. The minimum Gasteiger partial charge on any atom is -0.463 e. The van der Waals surface area contributed by atoms with E-state index in [1.165, 1.54) is 4.90 Å². The number of aliphatic hydroxyl groups is 1. The molecule has 4 aliphatic rings. The van der Waals surface area contributed by atoms with Gasteiger partial charge in [-0.15, -0.1) is 5.10 Å². The number of hydrogen-bond donors (Lipinski definition) is 2. The van der Waals surface area contributed by atoms with Gasteiger partial charge in [0, 0.05) is 17.4 Å². The number of nitrogens with one attached hydrogen (secondary N) is 1. The molecule has 7 rings (SSSR count). The Balaban J connectivity index is 1.34. The van der Waals surface area contributed by atoms with Crippen molar-refractivity contribution in [2.75, 3.05) is 19.8 Å². The number of aliphatic hydroxyl groups excluding tert-OH is 1. The quantitative estimate of drug-likeness (QED) is 0.286. The maximum atomic E-state index is 15.1. The van der Waals surface area contributed by atoms with E-state index in [2.05, 4.69) is 31.6 Å². The molecule has 2 fully saturated rings. The third-order valence-corrected chi connectivity index (χ3v) is 10.9. The number of allylic oxidation sites excluding steroid dienone is 1. The van der Waals surface area contributed by atoms with Crippen molar-refractivity contribution in [1.82, 2.24) is 30.1 Å². The smallest absolute Gasteiger partial charge is 0.306 e. The SMILES string of the molecule is CC(C)[C@H](CO)N1C(=O)[C@@H]2[C@H]3C(=O)N[C@@H](c4ccccc4)COC(=O)CC/C=C\CN(Cn4nnc5ccccc54)C(=O)[C@@H]1[C@]21C=C(Br)[C@H]3O1. The zero-order valence-electron chi connectivity index (χ0n) is 27.7. The van der Waals surface area contributed by atoms with Crippen LogP contribution in [0.25, 0.3) is 11.0 Å². The second kappa shape index (κ2) is 13.7. The summed E-state index contributed by atoms with van der Waals surface area (Å²) in [6.45, 7) is 3.36. The molecule has 7 atom stereocenters. The molecule has 0 saturated carbocycles. The topological polar surface area (TPSA) is 156 Å². The van der Waals surface area contributed by atoms with Crippen LogP contribution in [0.4, 0.5) is 0 Å². The molecule has 2 N–H and O–H groups in total. The Morgan fingerprint density at radius 3 is 2.56 bits per heavy atom. The molecule has 13 nitrogen and oxygen atoms in total. The second-order valence-corrected chi connectivity index (χ2v) is 14.4. The number of fused-ring (bicyclic) bond motifs is 3. The van der Waals surface area contributed by atoms with Crippen LogP contribution in [0.5, 0.6) is 0 Å². The molecule has 1 aromatic heterocycles. The number of cyclic esters (lactones) is 1. The first-order valence-electron chi connectivity index (χ1n) is 16.9. The number of para-hydroxylation sites is 1. The average molecular weight is 748 g/mol. The maximum absolute atomic E-state index is 15.1. The van der Waals surface area contributed by atoms with E-state index in [0.29, 0.717) is 21.9 Å². The van der Waals surface area contributed by atoms with Gasteiger partial charge in [0.15, 0.2) is 0 Å². The largest absolute Gasteiger partial charge is 0.463 e. The first-order valence-corrected chi connectivity index (χ1v) is 17.7. The number of aromatic nitrogens is 3. The molecule has 1 spiro atoms. The second-order valence-electron chi connectivity index (χ2n) is 13.5. The number of benzene rings is 2. The zero-order chi connectivity index (χ0) is 35.2. The first kappa shape index (κ1) is 34.1. The Kier molecular flexibility index (Phi) is 9.35. The van der Waals surface area contributed by atoms with Gasteiger partial charge in [-0.05, 0) is 36.1 Å². The summed E-state index contributed by atoms with van der Waals surface area (Å²) in [4.78, 5) is 60.1. The molecule has 0 radical (unpaired) electrons. The number of hydrogen-bond acceptors (Lipinski definition) is 9. The lowest BCUT2D eigenvalue weighted by Gasteiger charge is -2.39. The number of likely N-dealkylation sites (tertiary alicyclic amines) is 1. The van der Waals surface area contributed by atoms with Gasteiger partial charge in [0.1, 0.15) is 36.5 Å². The van der Waals surface area contributed by atoms with Gasteiger partial charge < -0.3 is 29.7 Å². The predicted molar refractivity (Wildman–Crippen MR) is 184 cm³/mol. The molecule has 50 heavy (non-hydrogen) atoms. The molecule has 262 valence electrons. The van der Waals surface area contributed by atoms with Gasteiger partial charge in [-0.25, -0.2) is 4.68 Å². The summed E-state index contributed by atoms with van der Waals surface area (Å²) in [6.07, 6.45) is 4.99. The normalized spacial score (nSPS) is 30.0. The lowest BCUT2D eigenvalue weighted by atomic mass is 9.74. The van der Waals surface area contributed by atoms with Crippen LogP contribution in [0.1, 0.15) is 38.3 Å². The average Bonchev–Trinajstić information content (AvgIpc) is 3.83. The van der Waals surface area contributed by atoms with Crippen LogP contribution in [0.15, 0.2) is 77.3 Å². The van der Waals surface area contributed by atoms with Gasteiger partial charge in [0.2, 0.25) is 11.8 Å². The Morgan fingerprint density at radius 2 is 1.80 bits per heavy atom. The summed E-state index contributed by atoms with van der Waals surface area (Å²) in [5.74, 6) is -4.09. The highest BCUT2D eigenvalue weighted by Gasteiger charge is 2.75. The van der Waals surface area contributed by atoms with Crippen LogP contribution in [0, 0.1) is 17.8 Å². The fourth-order valence-corrected chi connectivity index (χ4v) is 8.47. The fraction of sp³-hybridized carbons (Fsp3) is 0.444. The van der Waals surface area contributed by atoms with Gasteiger partial charge >= 0.3 is 5.97 Å². The van der Waals surface area contributed by atoms with Crippen molar-refractivity contribution in [3.05, 3.63) is 82.9 Å². The van der Waals surface area contributed by atoms with E-state index < -0.39 is 72.0 Å². The van der Waals surface area contributed by atoms with Crippen LogP contribution in [-0.2, 0) is 35.3 Å². The van der Waals surface area contributed by atoms with Crippen LogP contribution < -0.4 is 5.32 Å². The number of ether oxygens (including phenoxy) is 2. The highest BCUT2D eigenvalue weighted by Crippen LogP contribution is 2.59. The monoisotopic (exact) mass is 746 g/mol. The first-order chi connectivity index (χ1) is 24.1. The standard InChI is InChI=1S/C36H39BrN6O7/c1-21(2)27(18-44)43-32-35(48)41(20-42-26-14-9-8-13-24(26)39-40-42)16-10-4-7-15-28(45)49-19-25(22-11-5-3-6-12-22)38-33(46)29-30(34(43)47)36(32)17-23(37)31(29)50-36/h3-6,8-14,17,21,25,27,29-32,44H,7,15-16,18-20H2,1-2H3,(H,38,46)/b10-4-/t25-,27+,29-,30+,31-,32-,36+/m1/s1. The van der Waals surface area contributed by atoms with Crippen molar-refractivity contribution in [2.24, 2.45) is 17.8 Å². The van der Waals surface area contributed by atoms with Crippen LogP contribution in [-0.4, -0.2) is 97.1 Å². The molecule has 3 amide bonds. The van der Waals surface area contributed by atoms with Gasteiger partial charge in [0.25, 0.3) is 5.91 Å². The molecule has 5 heterocycles. The Labute approximate surface area is 297 Å². The Bertz CT molecular complexity index is 1860. The van der Waals surface area contributed by atoms with E-state index in [1.807, 2.05) is 74.5 Å². The summed E-state index contributed by atoms with van der Waals surface area (Å²) in [5.41, 5.74) is 0.593. The molecular weight excluding hydrogens is 708 g/mol. The number of carbonyl (C=O) groups is 4. The highest BCUT2D eigenvalue weighted by atomic mass is 79.9. The summed E-state index contributed by atoms with van der Waals surface area (Å²) in [7, 11) is 0. The molecule has 2 saturated heterocycles. The van der Waals surface area contributed by atoms with Crippen LogP contribution >= 0.6 is 15.9 Å². The van der Waals surface area contributed by atoms with Gasteiger partial charge in [0.05, 0.1) is 36.0 Å². The molecule has 0 aliphatic carbocycles. The van der Waals surface area contributed by atoms with E-state index in [9.17, 15) is 19.5 Å². The van der Waals surface area contributed by atoms with Crippen LogP contribution in [0.2, 0.25) is 0 Å². The predicted octanol–water partition coefficient (Wildman–Crippen LogP) is 2.86. The van der Waals surface area contributed by atoms with Crippen molar-refractivity contribution >= 4 is 50.7 Å². The summed E-state index contributed by atoms with van der Waals surface area (Å²) in [6, 6.07) is 13.9. The Morgan fingerprint density at radius 1 is 1.04 bits per heavy atom. The maximum Gasteiger partial charge on any atom is 0.306 e. The third kappa shape index (κ3) is 5.82. The van der Waals surface area contributed by atoms with Crippen molar-refractivity contribution in [2.45, 2.75) is 63.2 Å². The Hall–Kier alpha value is -4.40. The highest BCUT2D eigenvalue weighted by molar-refractivity contribution is 9.11. The zero-order valence-corrected chi connectivity index (χ0v) is 29.3. The van der Waals surface area contributed by atoms with Crippen molar-refractivity contribution < 1.29 is 33.8 Å². The third-order valence-electron chi connectivity index (χ3n) is 10.2. The summed E-state index contributed by atoms with van der Waals surface area (Å²) < 4.78 is 14.5. The van der Waals surface area contributed by atoms with Gasteiger partial charge in [-0.2, -0.15) is 0 Å². The van der Waals surface area contributed by atoms with E-state index >= 15 is 4.79 Å². The molecule has 14 heteroatoms. The lowest BCUT2D eigenvalue weighted by Crippen LogP contribution is -2.59. The van der Waals surface area contributed by atoms with Crippen LogP contribution in [0.3, 0.4) is 0 Å². The number of nitrogens with zero attached hydrogens (tertiary/aromatic N) is 5. The van der Waals surface area contributed by atoms with Gasteiger partial charge in [-0.1, -0.05) is 89.6 Å². The molecule has 4 aliphatic heterocycles. The lowest BCUT2D eigenvalue weighted by molar-refractivity contribution is -0.152. The molecule has 0 unspecified atom stereocenters. The molecule has 3 aromatic rings. The number of carbonyl (C=O) groups excluding carboxylic acids is 4. The van der Waals surface area contributed by atoms with Crippen molar-refractivity contribution in [3.8, 4) is 0 Å². The number of rotatable bonds is 6. The van der Waals surface area contributed by atoms with E-state index in [0.717, 1.165) is 5.56 Å². The van der Waals surface area contributed by atoms with Gasteiger partial charge in [-0.3, -0.25) is 19.2 Å². The number of halogens is 1. The summed E-state index contributed by atoms with van der Waals surface area (Å²) >= 11 is 3.61. The number of amides is 3. The van der Waals surface area contributed by atoms with E-state index in [-0.39, 0.29) is 32.2 Å². The minimum absolute atomic E-state index is 0.00649. The van der Waals surface area contributed by atoms with Crippen molar-refractivity contribution in [1.29, 1.82) is 0 Å². The van der Waals surface area contributed by atoms with Crippen molar-refractivity contribution in [3.63, 3.8) is 0 Å². The molecule has 5 bridgehead atoms. The van der Waals surface area contributed by atoms with E-state index in [1.54, 1.807) is 21.7 Å². The molecular formula is C36H39BrN6O7. The minimum atomic E-state index is -1.50. The fourth-order valence-electron chi connectivity index (χ4n) is 7.73.